The lowest BCUT2D eigenvalue weighted by molar-refractivity contribution is -0.123. The van der Waals surface area contributed by atoms with Gasteiger partial charge in [-0.1, -0.05) is 30.3 Å². The number of ether oxygens (including phenoxy) is 1. The van der Waals surface area contributed by atoms with Crippen LogP contribution in [0, 0.1) is 0 Å². The Morgan fingerprint density at radius 1 is 1.16 bits per heavy atom. The smallest absolute Gasteiger partial charge is 0.277 e. The summed E-state index contributed by atoms with van der Waals surface area (Å²) in [5, 5.41) is 6.05. The fraction of sp³-hybridized carbons (Fsp3) is 0.200. The van der Waals surface area contributed by atoms with Crippen molar-refractivity contribution >= 4 is 22.4 Å². The Morgan fingerprint density at radius 3 is 2.63 bits per heavy atom. The summed E-state index contributed by atoms with van der Waals surface area (Å²) in [4.78, 5) is 11.4. The zero-order chi connectivity index (χ0) is 13.7. The second-order valence-electron chi connectivity index (χ2n) is 4.39. The molecule has 0 bridgehead atoms. The molecule has 0 atom stereocenters. The summed E-state index contributed by atoms with van der Waals surface area (Å²) in [5.41, 5.74) is 3.20. The minimum absolute atomic E-state index is 0.0465. The minimum Gasteiger partial charge on any atom is -0.484 e. The van der Waals surface area contributed by atoms with E-state index in [9.17, 15) is 4.79 Å². The van der Waals surface area contributed by atoms with E-state index in [4.69, 9.17) is 4.74 Å². The Hall–Kier alpha value is -2.36. The molecular formula is C15H16N2O2. The van der Waals surface area contributed by atoms with Gasteiger partial charge in [-0.3, -0.25) is 4.79 Å². The highest BCUT2D eigenvalue weighted by Crippen LogP contribution is 2.20. The third kappa shape index (κ3) is 3.81. The van der Waals surface area contributed by atoms with Crippen LogP contribution in [-0.2, 0) is 4.79 Å². The number of hydrogen-bond donors (Lipinski definition) is 1. The molecule has 0 saturated heterocycles. The molecule has 0 aliphatic rings. The topological polar surface area (TPSA) is 50.7 Å². The van der Waals surface area contributed by atoms with Crippen LogP contribution >= 0.6 is 0 Å². The number of amides is 1. The summed E-state index contributed by atoms with van der Waals surface area (Å²) >= 11 is 0. The van der Waals surface area contributed by atoms with Crippen molar-refractivity contribution in [1.82, 2.24) is 5.43 Å². The lowest BCUT2D eigenvalue weighted by Gasteiger charge is -2.06. The third-order valence-corrected chi connectivity index (χ3v) is 2.50. The van der Waals surface area contributed by atoms with E-state index >= 15 is 0 Å². The van der Waals surface area contributed by atoms with Gasteiger partial charge >= 0.3 is 0 Å². The van der Waals surface area contributed by atoms with Crippen LogP contribution in [0.2, 0.25) is 0 Å². The van der Waals surface area contributed by atoms with Crippen molar-refractivity contribution in [3.63, 3.8) is 0 Å². The highest BCUT2D eigenvalue weighted by molar-refractivity contribution is 5.84. The molecule has 0 saturated carbocycles. The van der Waals surface area contributed by atoms with Crippen LogP contribution in [0.4, 0.5) is 0 Å². The van der Waals surface area contributed by atoms with Crippen LogP contribution in [0.3, 0.4) is 0 Å². The van der Waals surface area contributed by atoms with Gasteiger partial charge in [0.25, 0.3) is 5.91 Å². The molecule has 98 valence electrons. The number of fused-ring (bicyclic) bond motifs is 1. The molecule has 4 heteroatoms. The van der Waals surface area contributed by atoms with E-state index in [2.05, 4.69) is 10.5 Å². The average Bonchev–Trinajstić information content (AvgIpc) is 2.42. The van der Waals surface area contributed by atoms with Crippen molar-refractivity contribution in [2.45, 2.75) is 13.8 Å². The second-order valence-corrected chi connectivity index (χ2v) is 4.39. The standard InChI is InChI=1S/C15H16N2O2/c1-11(2)16-17-15(18)10-19-14-8-7-12-5-3-4-6-13(12)9-14/h3-9H,10H2,1-2H3,(H,17,18). The van der Waals surface area contributed by atoms with Gasteiger partial charge in [-0.15, -0.1) is 0 Å². The van der Waals surface area contributed by atoms with Gasteiger partial charge in [0, 0.05) is 5.71 Å². The summed E-state index contributed by atoms with van der Waals surface area (Å²) in [6.45, 7) is 3.57. The van der Waals surface area contributed by atoms with E-state index in [1.54, 1.807) is 0 Å². The average molecular weight is 256 g/mol. The van der Waals surface area contributed by atoms with Crippen molar-refractivity contribution in [1.29, 1.82) is 0 Å². The van der Waals surface area contributed by atoms with Gasteiger partial charge in [0.05, 0.1) is 0 Å². The summed E-state index contributed by atoms with van der Waals surface area (Å²) in [6, 6.07) is 13.7. The third-order valence-electron chi connectivity index (χ3n) is 2.50. The Kier molecular flexibility index (Phi) is 4.13. The Balaban J connectivity index is 1.98. The number of hydrogen-bond acceptors (Lipinski definition) is 3. The SMILES string of the molecule is CC(C)=NNC(=O)COc1ccc2ccccc2c1. The fourth-order valence-electron chi connectivity index (χ4n) is 1.61. The molecule has 1 amide bonds. The minimum atomic E-state index is -0.269. The van der Waals surface area contributed by atoms with Crippen molar-refractivity contribution in [2.75, 3.05) is 6.61 Å². The van der Waals surface area contributed by atoms with Crippen molar-refractivity contribution in [3.8, 4) is 5.75 Å². The zero-order valence-electron chi connectivity index (χ0n) is 11.0. The van der Waals surface area contributed by atoms with E-state index in [0.29, 0.717) is 5.75 Å². The number of benzene rings is 2. The van der Waals surface area contributed by atoms with Gasteiger partial charge in [-0.2, -0.15) is 5.10 Å². The van der Waals surface area contributed by atoms with Crippen LogP contribution in [0.5, 0.6) is 5.75 Å². The fourth-order valence-corrected chi connectivity index (χ4v) is 1.61. The maximum absolute atomic E-state index is 11.4. The van der Waals surface area contributed by atoms with Gasteiger partial charge in [0.1, 0.15) is 5.75 Å². The molecule has 0 fully saturated rings. The molecule has 0 heterocycles. The normalized spacial score (nSPS) is 10.0. The number of nitrogens with zero attached hydrogens (tertiary/aromatic N) is 1. The molecule has 0 aliphatic carbocycles. The van der Waals surface area contributed by atoms with Crippen LogP contribution < -0.4 is 10.2 Å². The lowest BCUT2D eigenvalue weighted by Crippen LogP contribution is -2.25. The lowest BCUT2D eigenvalue weighted by atomic mass is 10.1. The first kappa shape index (κ1) is 13.1. The molecule has 0 radical (unpaired) electrons. The largest absolute Gasteiger partial charge is 0.484 e. The van der Waals surface area contributed by atoms with E-state index in [0.717, 1.165) is 16.5 Å². The molecule has 2 rings (SSSR count). The molecule has 0 unspecified atom stereocenters. The quantitative estimate of drug-likeness (QED) is 0.675. The molecule has 1 N–H and O–H groups in total. The molecule has 0 aliphatic heterocycles. The Labute approximate surface area is 112 Å². The Morgan fingerprint density at radius 2 is 1.89 bits per heavy atom. The molecular weight excluding hydrogens is 240 g/mol. The van der Waals surface area contributed by atoms with Crippen molar-refractivity contribution in [3.05, 3.63) is 42.5 Å². The van der Waals surface area contributed by atoms with Crippen molar-refractivity contribution < 1.29 is 9.53 Å². The highest BCUT2D eigenvalue weighted by atomic mass is 16.5. The van der Waals surface area contributed by atoms with E-state index in [1.165, 1.54) is 0 Å². The van der Waals surface area contributed by atoms with Gasteiger partial charge in [0.2, 0.25) is 0 Å². The predicted octanol–water partition coefficient (Wildman–Crippen LogP) is 2.73. The maximum atomic E-state index is 11.4. The number of carbonyl (C=O) groups is 1. The maximum Gasteiger partial charge on any atom is 0.277 e. The molecule has 2 aromatic carbocycles. The highest BCUT2D eigenvalue weighted by Gasteiger charge is 2.02. The van der Waals surface area contributed by atoms with Crippen LogP contribution in [0.15, 0.2) is 47.6 Å². The zero-order valence-corrected chi connectivity index (χ0v) is 11.0. The molecule has 19 heavy (non-hydrogen) atoms. The Bertz CT molecular complexity index is 616. The summed E-state index contributed by atoms with van der Waals surface area (Å²) in [6.07, 6.45) is 0. The molecule has 0 spiro atoms. The second kappa shape index (κ2) is 6.00. The summed E-state index contributed by atoms with van der Waals surface area (Å²) in [7, 11) is 0. The molecule has 4 nitrogen and oxygen atoms in total. The monoisotopic (exact) mass is 256 g/mol. The van der Waals surface area contributed by atoms with Gasteiger partial charge in [-0.25, -0.2) is 5.43 Å². The molecule has 0 aromatic heterocycles. The first-order valence-electron chi connectivity index (χ1n) is 6.06. The van der Waals surface area contributed by atoms with E-state index < -0.39 is 0 Å². The van der Waals surface area contributed by atoms with Crippen LogP contribution in [-0.4, -0.2) is 18.2 Å². The van der Waals surface area contributed by atoms with Crippen molar-refractivity contribution in [2.24, 2.45) is 5.10 Å². The number of carbonyl (C=O) groups excluding carboxylic acids is 1. The van der Waals surface area contributed by atoms with Crippen LogP contribution in [0.1, 0.15) is 13.8 Å². The predicted molar refractivity (Wildman–Crippen MR) is 76.4 cm³/mol. The van der Waals surface area contributed by atoms with Crippen LogP contribution in [0.25, 0.3) is 10.8 Å². The van der Waals surface area contributed by atoms with E-state index in [1.807, 2.05) is 56.3 Å². The number of nitrogens with one attached hydrogen (secondary N) is 1. The van der Waals surface area contributed by atoms with E-state index in [-0.39, 0.29) is 12.5 Å². The summed E-state index contributed by atoms with van der Waals surface area (Å²) in [5.74, 6) is 0.403. The first-order valence-corrected chi connectivity index (χ1v) is 6.06. The first-order chi connectivity index (χ1) is 9.15. The summed E-state index contributed by atoms with van der Waals surface area (Å²) < 4.78 is 5.43. The number of hydrazone groups is 1. The van der Waals surface area contributed by atoms with Gasteiger partial charge in [0.15, 0.2) is 6.61 Å². The van der Waals surface area contributed by atoms with Gasteiger partial charge in [-0.05, 0) is 36.8 Å². The van der Waals surface area contributed by atoms with Gasteiger partial charge < -0.3 is 4.74 Å². The number of rotatable bonds is 4. The molecule has 2 aromatic rings.